The zero-order chi connectivity index (χ0) is 18.8. The van der Waals surface area contributed by atoms with Gasteiger partial charge in [0.25, 0.3) is 0 Å². The van der Waals surface area contributed by atoms with Crippen LogP contribution in [0.4, 0.5) is 0 Å². The highest BCUT2D eigenvalue weighted by atomic mass is 16.5. The van der Waals surface area contributed by atoms with Gasteiger partial charge in [-0.1, -0.05) is 42.5 Å². The Morgan fingerprint density at radius 3 is 2.31 bits per heavy atom. The minimum Gasteiger partial charge on any atom is -0.493 e. The number of methoxy groups -OCH3 is 1. The Bertz CT molecular complexity index is 719. The molecule has 0 unspecified atom stereocenters. The van der Waals surface area contributed by atoms with E-state index in [1.165, 1.54) is 6.92 Å². The van der Waals surface area contributed by atoms with Crippen LogP contribution < -0.4 is 20.1 Å². The highest BCUT2D eigenvalue weighted by Crippen LogP contribution is 2.25. The summed E-state index contributed by atoms with van der Waals surface area (Å²) in [6.45, 7) is 2.12. The Hall–Kier alpha value is -3.02. The Morgan fingerprint density at radius 2 is 1.65 bits per heavy atom. The molecular weight excluding hydrogens is 332 g/mol. The van der Waals surface area contributed by atoms with Crippen LogP contribution in [-0.4, -0.2) is 32.1 Å². The van der Waals surface area contributed by atoms with Crippen LogP contribution in [-0.2, 0) is 9.59 Å². The van der Waals surface area contributed by atoms with E-state index in [1.54, 1.807) is 7.11 Å². The van der Waals surface area contributed by atoms with Crippen molar-refractivity contribution in [3.63, 3.8) is 0 Å². The van der Waals surface area contributed by atoms with Crippen LogP contribution in [0.2, 0.25) is 0 Å². The van der Waals surface area contributed by atoms with Gasteiger partial charge in [-0.2, -0.15) is 0 Å². The average molecular weight is 356 g/mol. The molecule has 0 saturated carbocycles. The second-order valence-electron chi connectivity index (χ2n) is 5.72. The van der Waals surface area contributed by atoms with Crippen LogP contribution >= 0.6 is 0 Å². The van der Waals surface area contributed by atoms with Gasteiger partial charge in [0.2, 0.25) is 11.8 Å². The largest absolute Gasteiger partial charge is 0.493 e. The highest BCUT2D eigenvalue weighted by molar-refractivity contribution is 5.79. The van der Waals surface area contributed by atoms with Crippen molar-refractivity contribution in [2.45, 2.75) is 19.4 Å². The van der Waals surface area contributed by atoms with Gasteiger partial charge in [-0.15, -0.1) is 0 Å². The summed E-state index contributed by atoms with van der Waals surface area (Å²) in [4.78, 5) is 23.6. The van der Waals surface area contributed by atoms with E-state index < -0.39 is 0 Å². The Kier molecular flexibility index (Phi) is 7.49. The van der Waals surface area contributed by atoms with Gasteiger partial charge in [0.1, 0.15) is 6.61 Å². The summed E-state index contributed by atoms with van der Waals surface area (Å²) in [5, 5.41) is 5.62. The number of nitrogens with one attached hydrogen (secondary N) is 2. The maximum Gasteiger partial charge on any atom is 0.222 e. The third-order valence-electron chi connectivity index (χ3n) is 3.72. The average Bonchev–Trinajstić information content (AvgIpc) is 2.65. The molecule has 2 aromatic rings. The van der Waals surface area contributed by atoms with Gasteiger partial charge in [-0.05, 0) is 17.7 Å². The van der Waals surface area contributed by atoms with Gasteiger partial charge in [-0.25, -0.2) is 0 Å². The molecule has 1 atom stereocenters. The van der Waals surface area contributed by atoms with Crippen molar-refractivity contribution in [1.82, 2.24) is 10.6 Å². The maximum absolute atomic E-state index is 12.2. The molecule has 2 aromatic carbocycles. The molecular formula is C20H24N2O4. The molecule has 0 spiro atoms. The third-order valence-corrected chi connectivity index (χ3v) is 3.72. The van der Waals surface area contributed by atoms with Crippen molar-refractivity contribution >= 4 is 11.8 Å². The van der Waals surface area contributed by atoms with Crippen LogP contribution in [0.15, 0.2) is 54.6 Å². The number of ether oxygens (including phenoxy) is 2. The number of hydrogen-bond donors (Lipinski definition) is 2. The van der Waals surface area contributed by atoms with Crippen molar-refractivity contribution < 1.29 is 19.1 Å². The fourth-order valence-corrected chi connectivity index (χ4v) is 2.53. The molecule has 0 aliphatic carbocycles. The molecule has 2 rings (SSSR count). The SMILES string of the molecule is COc1ccccc1OCCNC(=O)C[C@H](NC(C)=O)c1ccccc1. The number of amides is 2. The highest BCUT2D eigenvalue weighted by Gasteiger charge is 2.16. The first-order valence-corrected chi connectivity index (χ1v) is 8.44. The van der Waals surface area contributed by atoms with Crippen LogP contribution in [0, 0.1) is 0 Å². The smallest absolute Gasteiger partial charge is 0.222 e. The van der Waals surface area contributed by atoms with E-state index in [2.05, 4.69) is 10.6 Å². The monoisotopic (exact) mass is 356 g/mol. The van der Waals surface area contributed by atoms with Crippen molar-refractivity contribution in [1.29, 1.82) is 0 Å². The second kappa shape index (κ2) is 10.1. The Labute approximate surface area is 153 Å². The molecule has 0 aliphatic rings. The zero-order valence-electron chi connectivity index (χ0n) is 15.0. The molecule has 0 radical (unpaired) electrons. The molecule has 0 bridgehead atoms. The molecule has 6 nitrogen and oxygen atoms in total. The van der Waals surface area contributed by atoms with Crippen molar-refractivity contribution in [3.8, 4) is 11.5 Å². The van der Waals surface area contributed by atoms with Crippen molar-refractivity contribution in [3.05, 3.63) is 60.2 Å². The fourth-order valence-electron chi connectivity index (χ4n) is 2.53. The van der Waals surface area contributed by atoms with Crippen LogP contribution in [0.25, 0.3) is 0 Å². The summed E-state index contributed by atoms with van der Waals surface area (Å²) < 4.78 is 10.8. The van der Waals surface area contributed by atoms with Crippen molar-refractivity contribution in [2.24, 2.45) is 0 Å². The molecule has 6 heteroatoms. The minimum atomic E-state index is -0.358. The first kappa shape index (κ1) is 19.3. The Morgan fingerprint density at radius 1 is 1.00 bits per heavy atom. The lowest BCUT2D eigenvalue weighted by atomic mass is 10.0. The van der Waals surface area contributed by atoms with Gasteiger partial charge in [-0.3, -0.25) is 9.59 Å². The first-order valence-electron chi connectivity index (χ1n) is 8.44. The summed E-state index contributed by atoms with van der Waals surface area (Å²) in [5.74, 6) is 0.945. The number of hydrogen-bond acceptors (Lipinski definition) is 4. The fraction of sp³-hybridized carbons (Fsp3) is 0.300. The van der Waals surface area contributed by atoms with E-state index in [9.17, 15) is 9.59 Å². The molecule has 0 aliphatic heterocycles. The number of para-hydroxylation sites is 2. The predicted octanol–water partition coefficient (Wildman–Crippen LogP) is 2.46. The van der Waals surface area contributed by atoms with Crippen LogP contribution in [0.3, 0.4) is 0 Å². The summed E-state index contributed by atoms with van der Waals surface area (Å²) in [7, 11) is 1.58. The molecule has 0 fully saturated rings. The van der Waals surface area contributed by atoms with Gasteiger partial charge in [0, 0.05) is 6.92 Å². The summed E-state index contributed by atoms with van der Waals surface area (Å²) in [5.41, 5.74) is 0.892. The molecule has 0 saturated heterocycles. The van der Waals surface area contributed by atoms with Gasteiger partial charge >= 0.3 is 0 Å². The quantitative estimate of drug-likeness (QED) is 0.677. The summed E-state index contributed by atoms with van der Waals surface area (Å²) in [6, 6.07) is 16.4. The maximum atomic E-state index is 12.2. The zero-order valence-corrected chi connectivity index (χ0v) is 15.0. The van der Waals surface area contributed by atoms with Gasteiger partial charge < -0.3 is 20.1 Å². The third kappa shape index (κ3) is 6.12. The van der Waals surface area contributed by atoms with E-state index in [0.717, 1.165) is 5.56 Å². The minimum absolute atomic E-state index is 0.156. The van der Waals surface area contributed by atoms with E-state index >= 15 is 0 Å². The number of carbonyl (C=O) groups excluding carboxylic acids is 2. The first-order chi connectivity index (χ1) is 12.6. The standard InChI is InChI=1S/C20H24N2O4/c1-15(23)22-17(16-8-4-3-5-9-16)14-20(24)21-12-13-26-19-11-7-6-10-18(19)25-2/h3-11,17H,12-14H2,1-2H3,(H,21,24)(H,22,23)/t17-/m0/s1. The molecule has 2 amide bonds. The number of carbonyl (C=O) groups is 2. The van der Waals surface area contributed by atoms with Gasteiger partial charge in [0.05, 0.1) is 26.1 Å². The Balaban J connectivity index is 1.81. The van der Waals surface area contributed by atoms with Gasteiger partial charge in [0.15, 0.2) is 11.5 Å². The van der Waals surface area contributed by atoms with E-state index in [4.69, 9.17) is 9.47 Å². The lowest BCUT2D eigenvalue weighted by Gasteiger charge is -2.18. The molecule has 2 N–H and O–H groups in total. The summed E-state index contributed by atoms with van der Waals surface area (Å²) >= 11 is 0. The molecule has 0 heterocycles. The van der Waals surface area contributed by atoms with Crippen molar-refractivity contribution in [2.75, 3.05) is 20.3 Å². The van der Waals surface area contributed by atoms with Crippen LogP contribution in [0.5, 0.6) is 11.5 Å². The number of rotatable bonds is 9. The van der Waals surface area contributed by atoms with E-state index in [-0.39, 0.29) is 24.3 Å². The van der Waals surface area contributed by atoms with E-state index in [1.807, 2.05) is 54.6 Å². The molecule has 0 aromatic heterocycles. The lowest BCUT2D eigenvalue weighted by Crippen LogP contribution is -2.34. The second-order valence-corrected chi connectivity index (χ2v) is 5.72. The number of benzene rings is 2. The topological polar surface area (TPSA) is 76.7 Å². The lowest BCUT2D eigenvalue weighted by molar-refractivity contribution is -0.122. The molecule has 138 valence electrons. The normalized spacial score (nSPS) is 11.3. The molecule has 26 heavy (non-hydrogen) atoms. The van der Waals surface area contributed by atoms with Crippen LogP contribution in [0.1, 0.15) is 24.9 Å². The summed E-state index contributed by atoms with van der Waals surface area (Å²) in [6.07, 6.45) is 0.165. The van der Waals surface area contributed by atoms with E-state index in [0.29, 0.717) is 24.7 Å². The predicted molar refractivity (Wildman–Crippen MR) is 99.1 cm³/mol.